The number of hydrogen-bond acceptors (Lipinski definition) is 5. The monoisotopic (exact) mass is 315 g/mol. The van der Waals surface area contributed by atoms with E-state index < -0.39 is 22.4 Å². The van der Waals surface area contributed by atoms with Gasteiger partial charge in [-0.15, -0.1) is 0 Å². The largest absolute Gasteiger partial charge is 0.466 e. The van der Waals surface area contributed by atoms with Crippen molar-refractivity contribution in [2.24, 2.45) is 0 Å². The van der Waals surface area contributed by atoms with E-state index in [9.17, 15) is 19.7 Å². The van der Waals surface area contributed by atoms with Gasteiger partial charge < -0.3 is 9.73 Å². The van der Waals surface area contributed by atoms with Crippen LogP contribution in [-0.2, 0) is 16.9 Å². The number of urea groups is 1. The summed E-state index contributed by atoms with van der Waals surface area (Å²) in [6.45, 7) is 1.60. The van der Waals surface area contributed by atoms with Gasteiger partial charge in [0.05, 0.1) is 17.7 Å². The number of nitrogens with zero attached hydrogens (tertiary/aromatic N) is 2. The molecule has 3 rings (SSSR count). The van der Waals surface area contributed by atoms with Gasteiger partial charge in [-0.2, -0.15) is 0 Å². The van der Waals surface area contributed by atoms with Crippen molar-refractivity contribution in [2.75, 3.05) is 0 Å². The molecule has 8 heteroatoms. The lowest BCUT2D eigenvalue weighted by Crippen LogP contribution is -2.40. The number of hydrogen-bond donors (Lipinski definition) is 1. The second-order valence-electron chi connectivity index (χ2n) is 5.35. The fourth-order valence-electron chi connectivity index (χ4n) is 2.48. The van der Waals surface area contributed by atoms with Crippen LogP contribution in [0.3, 0.4) is 0 Å². The van der Waals surface area contributed by atoms with Crippen LogP contribution in [0.2, 0.25) is 0 Å². The zero-order valence-electron chi connectivity index (χ0n) is 12.2. The zero-order valence-corrected chi connectivity index (χ0v) is 12.2. The van der Waals surface area contributed by atoms with Crippen LogP contribution >= 0.6 is 0 Å². The van der Waals surface area contributed by atoms with Crippen LogP contribution in [0.5, 0.6) is 0 Å². The lowest BCUT2D eigenvalue weighted by atomic mass is 9.99. The SMILES string of the molecule is C[C@]1(c2ccco2)NC(=O)N(Cc2ccc([N+](=O)[O-])cc2)C1=O. The third-order valence-electron chi connectivity index (χ3n) is 3.78. The van der Waals surface area contributed by atoms with Crippen molar-refractivity contribution in [1.82, 2.24) is 10.2 Å². The highest BCUT2D eigenvalue weighted by Gasteiger charge is 2.50. The Morgan fingerprint density at radius 2 is 1.96 bits per heavy atom. The number of carbonyl (C=O) groups is 2. The molecule has 0 radical (unpaired) electrons. The number of nitro benzene ring substituents is 1. The van der Waals surface area contributed by atoms with Gasteiger partial charge in [0.2, 0.25) is 0 Å². The van der Waals surface area contributed by atoms with E-state index in [1.165, 1.54) is 30.5 Å². The summed E-state index contributed by atoms with van der Waals surface area (Å²) >= 11 is 0. The Balaban J connectivity index is 1.82. The first-order chi connectivity index (χ1) is 10.9. The van der Waals surface area contributed by atoms with Gasteiger partial charge >= 0.3 is 6.03 Å². The minimum absolute atomic E-state index is 0.0267. The van der Waals surface area contributed by atoms with Gasteiger partial charge in [-0.3, -0.25) is 19.8 Å². The average Bonchev–Trinajstić information content (AvgIpc) is 3.12. The molecule has 1 fully saturated rings. The van der Waals surface area contributed by atoms with Gasteiger partial charge in [0, 0.05) is 12.1 Å². The van der Waals surface area contributed by atoms with Gasteiger partial charge in [0.15, 0.2) is 5.54 Å². The molecule has 1 N–H and O–H groups in total. The Morgan fingerprint density at radius 3 is 2.52 bits per heavy atom. The standard InChI is InChI=1S/C15H13N3O5/c1-15(12-3-2-8-23-12)13(19)17(14(20)16-15)9-10-4-6-11(7-5-10)18(21)22/h2-8H,9H2,1H3,(H,16,20)/t15-/m1/s1. The van der Waals surface area contributed by atoms with Gasteiger partial charge in [-0.05, 0) is 24.6 Å². The number of nitro groups is 1. The fourth-order valence-corrected chi connectivity index (χ4v) is 2.48. The van der Waals surface area contributed by atoms with Crippen molar-refractivity contribution in [3.63, 3.8) is 0 Å². The van der Waals surface area contributed by atoms with E-state index in [0.29, 0.717) is 11.3 Å². The maximum Gasteiger partial charge on any atom is 0.325 e. The molecular weight excluding hydrogens is 302 g/mol. The first-order valence-electron chi connectivity index (χ1n) is 6.83. The summed E-state index contributed by atoms with van der Waals surface area (Å²) in [5.74, 6) is -0.0853. The Hall–Kier alpha value is -3.16. The first kappa shape index (κ1) is 14.8. The summed E-state index contributed by atoms with van der Waals surface area (Å²) in [6.07, 6.45) is 1.43. The smallest absolute Gasteiger partial charge is 0.325 e. The molecule has 1 saturated heterocycles. The third kappa shape index (κ3) is 2.44. The molecule has 0 bridgehead atoms. The Labute approximate surface area is 130 Å². The van der Waals surface area contributed by atoms with Crippen molar-refractivity contribution in [3.8, 4) is 0 Å². The van der Waals surface area contributed by atoms with Crippen molar-refractivity contribution >= 4 is 17.6 Å². The van der Waals surface area contributed by atoms with Crippen molar-refractivity contribution in [1.29, 1.82) is 0 Å². The maximum atomic E-state index is 12.6. The van der Waals surface area contributed by atoms with Crippen molar-refractivity contribution in [2.45, 2.75) is 19.0 Å². The van der Waals surface area contributed by atoms with Gasteiger partial charge in [-0.25, -0.2) is 4.79 Å². The molecule has 23 heavy (non-hydrogen) atoms. The number of carbonyl (C=O) groups excluding carboxylic acids is 2. The summed E-state index contributed by atoms with van der Waals surface area (Å²) in [7, 11) is 0. The number of rotatable bonds is 4. The van der Waals surface area contributed by atoms with Gasteiger partial charge in [0.25, 0.3) is 11.6 Å². The first-order valence-corrected chi connectivity index (χ1v) is 6.83. The number of non-ortho nitro benzene ring substituents is 1. The predicted octanol–water partition coefficient (Wildman–Crippen LogP) is 2.16. The quantitative estimate of drug-likeness (QED) is 0.528. The highest BCUT2D eigenvalue weighted by atomic mass is 16.6. The molecule has 0 unspecified atom stereocenters. The van der Waals surface area contributed by atoms with E-state index in [4.69, 9.17) is 4.42 Å². The molecule has 0 saturated carbocycles. The van der Waals surface area contributed by atoms with Crippen molar-refractivity contribution < 1.29 is 18.9 Å². The van der Waals surface area contributed by atoms with Crippen LogP contribution < -0.4 is 5.32 Å². The molecule has 0 spiro atoms. The van der Waals surface area contributed by atoms with Crippen LogP contribution in [-0.4, -0.2) is 21.8 Å². The summed E-state index contributed by atoms with van der Waals surface area (Å²) in [4.78, 5) is 35.9. The number of benzene rings is 1. The van der Waals surface area contributed by atoms with E-state index >= 15 is 0 Å². The summed E-state index contributed by atoms with van der Waals surface area (Å²) in [6, 6.07) is 8.42. The Bertz CT molecular complexity index is 769. The number of nitrogens with one attached hydrogen (secondary N) is 1. The molecule has 0 aliphatic carbocycles. The molecule has 2 heterocycles. The topological polar surface area (TPSA) is 106 Å². The van der Waals surface area contributed by atoms with E-state index in [2.05, 4.69) is 5.32 Å². The van der Waals surface area contributed by atoms with Crippen LogP contribution in [0.25, 0.3) is 0 Å². The summed E-state index contributed by atoms with van der Waals surface area (Å²) in [5.41, 5.74) is -0.685. The Morgan fingerprint density at radius 1 is 1.26 bits per heavy atom. The highest BCUT2D eigenvalue weighted by molar-refractivity contribution is 6.06. The Kier molecular flexibility index (Phi) is 3.36. The summed E-state index contributed by atoms with van der Waals surface area (Å²) in [5, 5.41) is 13.3. The molecule has 8 nitrogen and oxygen atoms in total. The van der Waals surface area contributed by atoms with Crippen LogP contribution in [0, 0.1) is 10.1 Å². The average molecular weight is 315 g/mol. The predicted molar refractivity (Wildman–Crippen MR) is 78.2 cm³/mol. The lowest BCUT2D eigenvalue weighted by molar-refractivity contribution is -0.384. The van der Waals surface area contributed by atoms with E-state index in [0.717, 1.165) is 4.90 Å². The number of amides is 3. The minimum Gasteiger partial charge on any atom is -0.466 e. The van der Waals surface area contributed by atoms with E-state index in [1.54, 1.807) is 19.1 Å². The molecule has 118 valence electrons. The van der Waals surface area contributed by atoms with E-state index in [-0.39, 0.29) is 12.2 Å². The number of furan rings is 1. The molecule has 3 amide bonds. The third-order valence-corrected chi connectivity index (χ3v) is 3.78. The molecule has 1 atom stereocenters. The van der Waals surface area contributed by atoms with Crippen LogP contribution in [0.15, 0.2) is 47.1 Å². The highest BCUT2D eigenvalue weighted by Crippen LogP contribution is 2.30. The van der Waals surface area contributed by atoms with Gasteiger partial charge in [0.1, 0.15) is 5.76 Å². The van der Waals surface area contributed by atoms with Gasteiger partial charge in [-0.1, -0.05) is 12.1 Å². The normalized spacial score (nSPS) is 20.7. The maximum absolute atomic E-state index is 12.6. The fraction of sp³-hybridized carbons (Fsp3) is 0.200. The van der Waals surface area contributed by atoms with E-state index in [1.807, 2.05) is 0 Å². The number of imide groups is 1. The second-order valence-corrected chi connectivity index (χ2v) is 5.35. The summed E-state index contributed by atoms with van der Waals surface area (Å²) < 4.78 is 5.24. The molecular formula is C15H13N3O5. The molecule has 1 aromatic heterocycles. The molecule has 2 aromatic rings. The van der Waals surface area contributed by atoms with Crippen molar-refractivity contribution in [3.05, 3.63) is 64.1 Å². The lowest BCUT2D eigenvalue weighted by Gasteiger charge is -2.19. The van der Waals surface area contributed by atoms with Crippen LogP contribution in [0.1, 0.15) is 18.2 Å². The zero-order chi connectivity index (χ0) is 16.6. The minimum atomic E-state index is -1.25. The molecule has 1 aliphatic rings. The molecule has 1 aliphatic heterocycles. The second kappa shape index (κ2) is 5.24. The van der Waals surface area contributed by atoms with Crippen LogP contribution in [0.4, 0.5) is 10.5 Å². The molecule has 1 aromatic carbocycles.